The molecule has 0 fully saturated rings. The number of hydrogen-bond donors (Lipinski definition) is 0. The van der Waals surface area contributed by atoms with E-state index in [9.17, 15) is 14.9 Å². The third-order valence-corrected chi connectivity index (χ3v) is 5.01. The van der Waals surface area contributed by atoms with Gasteiger partial charge in [0.25, 0.3) is 17.4 Å². The first kappa shape index (κ1) is 21.5. The maximum atomic E-state index is 13.6. The summed E-state index contributed by atoms with van der Waals surface area (Å²) in [4.78, 5) is 29.9. The molecular weight excluding hydrogens is 388 g/mol. The second kappa shape index (κ2) is 6.97. The van der Waals surface area contributed by atoms with Crippen LogP contribution in [-0.2, 0) is 19.1 Å². The maximum absolute atomic E-state index is 13.6. The van der Waals surface area contributed by atoms with E-state index in [2.05, 4.69) is 5.16 Å². The average molecular weight is 414 g/mol. The van der Waals surface area contributed by atoms with Gasteiger partial charge in [-0.2, -0.15) is 0 Å². The molecule has 8 heteroatoms. The number of nitrogens with zero attached hydrogens (tertiary/aromatic N) is 2. The lowest BCUT2D eigenvalue weighted by atomic mass is 9.71. The van der Waals surface area contributed by atoms with Crippen molar-refractivity contribution in [2.24, 2.45) is 16.0 Å². The third-order valence-electron chi connectivity index (χ3n) is 5.01. The number of nitro groups is 1. The van der Waals surface area contributed by atoms with Gasteiger partial charge in [-0.1, -0.05) is 47.6 Å². The van der Waals surface area contributed by atoms with Crippen molar-refractivity contribution in [2.75, 3.05) is 7.11 Å². The molecule has 0 saturated heterocycles. The second-order valence-corrected chi connectivity index (χ2v) is 9.35. The van der Waals surface area contributed by atoms with Crippen LogP contribution in [0, 0.1) is 20.9 Å². The largest absolute Gasteiger partial charge is 0.492 e. The summed E-state index contributed by atoms with van der Waals surface area (Å²) in [6, 6.07) is 5.81. The summed E-state index contributed by atoms with van der Waals surface area (Å²) in [6.07, 6.45) is 1.88. The molecule has 1 aromatic carbocycles. The molecule has 1 unspecified atom stereocenters. The lowest BCUT2D eigenvalue weighted by molar-refractivity contribution is -0.384. The van der Waals surface area contributed by atoms with Crippen LogP contribution in [0.2, 0.25) is 0 Å². The van der Waals surface area contributed by atoms with Gasteiger partial charge in [-0.25, -0.2) is 0 Å². The quantitative estimate of drug-likeness (QED) is 0.533. The third kappa shape index (κ3) is 3.46. The molecule has 3 rings (SSSR count). The first-order valence-corrected chi connectivity index (χ1v) is 9.57. The number of rotatable bonds is 3. The van der Waals surface area contributed by atoms with Crippen molar-refractivity contribution in [2.45, 2.75) is 47.3 Å². The number of nitro benzene ring substituents is 1. The van der Waals surface area contributed by atoms with Crippen LogP contribution in [0.5, 0.6) is 0 Å². The summed E-state index contributed by atoms with van der Waals surface area (Å²) in [5.41, 5.74) is 0.692. The van der Waals surface area contributed by atoms with Crippen LogP contribution < -0.4 is 0 Å². The van der Waals surface area contributed by atoms with E-state index in [1.807, 2.05) is 47.6 Å². The number of carbonyl (C=O) groups is 1. The van der Waals surface area contributed by atoms with E-state index in [0.29, 0.717) is 11.1 Å². The normalized spacial score (nSPS) is 21.8. The molecule has 30 heavy (non-hydrogen) atoms. The Morgan fingerprint density at radius 2 is 1.80 bits per heavy atom. The topological polar surface area (TPSA) is 100 Å². The van der Waals surface area contributed by atoms with Gasteiger partial charge in [0, 0.05) is 28.8 Å². The van der Waals surface area contributed by atoms with E-state index in [-0.39, 0.29) is 22.8 Å². The summed E-state index contributed by atoms with van der Waals surface area (Å²) in [5, 5.41) is 15.1. The predicted molar refractivity (Wildman–Crippen MR) is 111 cm³/mol. The van der Waals surface area contributed by atoms with Gasteiger partial charge in [-0.05, 0) is 28.1 Å². The van der Waals surface area contributed by atoms with Crippen molar-refractivity contribution < 1.29 is 24.0 Å². The highest BCUT2D eigenvalue weighted by Gasteiger charge is 2.60. The predicted octanol–water partition coefficient (Wildman–Crippen LogP) is 4.50. The molecule has 160 valence electrons. The van der Waals surface area contributed by atoms with Gasteiger partial charge in [0.1, 0.15) is 0 Å². The van der Waals surface area contributed by atoms with Gasteiger partial charge < -0.3 is 14.3 Å². The fourth-order valence-electron chi connectivity index (χ4n) is 3.50. The molecule has 2 aliphatic rings. The zero-order valence-electron chi connectivity index (χ0n) is 18.2. The van der Waals surface area contributed by atoms with Gasteiger partial charge in [0.05, 0.1) is 12.0 Å². The maximum Gasteiger partial charge on any atom is 0.368 e. The Morgan fingerprint density at radius 1 is 1.13 bits per heavy atom. The summed E-state index contributed by atoms with van der Waals surface area (Å²) >= 11 is 0. The molecule has 8 nitrogen and oxygen atoms in total. The van der Waals surface area contributed by atoms with E-state index in [4.69, 9.17) is 14.3 Å². The SMILES string of the molecule is COC1=C(C(C)(C)C)C=C(C(C)(C)C)C2(ON=C(c3cccc([N+](=O)[O-])c3)O2)C1=O. The molecule has 0 aromatic heterocycles. The van der Waals surface area contributed by atoms with Crippen molar-refractivity contribution in [1.29, 1.82) is 0 Å². The van der Waals surface area contributed by atoms with Gasteiger partial charge in [-0.15, -0.1) is 0 Å². The first-order chi connectivity index (χ1) is 13.8. The van der Waals surface area contributed by atoms with Crippen molar-refractivity contribution in [3.05, 3.63) is 62.9 Å². The summed E-state index contributed by atoms with van der Waals surface area (Å²) < 4.78 is 11.5. The molecule has 1 aliphatic carbocycles. The van der Waals surface area contributed by atoms with Crippen LogP contribution in [0.15, 0.2) is 52.4 Å². The van der Waals surface area contributed by atoms with E-state index in [0.717, 1.165) is 5.57 Å². The second-order valence-electron chi connectivity index (χ2n) is 9.35. The number of ether oxygens (including phenoxy) is 2. The number of hydrogen-bond acceptors (Lipinski definition) is 7. The number of carbonyl (C=O) groups excluding carboxylic acids is 1. The molecule has 0 bridgehead atoms. The highest BCUT2D eigenvalue weighted by molar-refractivity contribution is 6.08. The van der Waals surface area contributed by atoms with Crippen LogP contribution >= 0.6 is 0 Å². The van der Waals surface area contributed by atoms with Gasteiger partial charge in [0.2, 0.25) is 0 Å². The minimum Gasteiger partial charge on any atom is -0.492 e. The van der Waals surface area contributed by atoms with Crippen molar-refractivity contribution in [1.82, 2.24) is 0 Å². The smallest absolute Gasteiger partial charge is 0.368 e. The summed E-state index contributed by atoms with van der Waals surface area (Å²) in [5.74, 6) is -2.17. The van der Waals surface area contributed by atoms with Crippen LogP contribution in [0.25, 0.3) is 0 Å². The van der Waals surface area contributed by atoms with E-state index >= 15 is 0 Å². The monoisotopic (exact) mass is 414 g/mol. The molecular formula is C22H26N2O6. The summed E-state index contributed by atoms with van der Waals surface area (Å²) in [6.45, 7) is 11.8. The van der Waals surface area contributed by atoms with Crippen LogP contribution in [0.1, 0.15) is 47.1 Å². The average Bonchev–Trinajstić information content (AvgIpc) is 3.07. The Balaban J connectivity index is 2.11. The minimum atomic E-state index is -1.82. The zero-order valence-corrected chi connectivity index (χ0v) is 18.2. The fourth-order valence-corrected chi connectivity index (χ4v) is 3.50. The highest BCUT2D eigenvalue weighted by atomic mass is 16.8. The fraction of sp³-hybridized carbons (Fsp3) is 0.455. The van der Waals surface area contributed by atoms with Crippen LogP contribution in [0.4, 0.5) is 5.69 Å². The van der Waals surface area contributed by atoms with Crippen molar-refractivity contribution in [3.63, 3.8) is 0 Å². The van der Waals surface area contributed by atoms with Gasteiger partial charge in [-0.3, -0.25) is 14.9 Å². The zero-order chi connectivity index (χ0) is 22.5. The Morgan fingerprint density at radius 3 is 2.33 bits per heavy atom. The van der Waals surface area contributed by atoms with E-state index in [1.54, 1.807) is 6.07 Å². The number of methoxy groups -OCH3 is 1. The van der Waals surface area contributed by atoms with Crippen molar-refractivity contribution in [3.8, 4) is 0 Å². The van der Waals surface area contributed by atoms with Gasteiger partial charge >= 0.3 is 5.79 Å². The molecule has 1 atom stereocenters. The Bertz CT molecular complexity index is 1010. The minimum absolute atomic E-state index is 0.00291. The van der Waals surface area contributed by atoms with Crippen molar-refractivity contribution >= 4 is 17.4 Å². The number of ketones is 1. The first-order valence-electron chi connectivity index (χ1n) is 9.57. The van der Waals surface area contributed by atoms with Crippen LogP contribution in [-0.4, -0.2) is 29.5 Å². The molecule has 0 radical (unpaired) electrons. The number of Topliss-reactive ketones (excluding diaryl/α,β-unsaturated/α-hetero) is 1. The molecule has 0 saturated carbocycles. The molecule has 0 N–H and O–H groups in total. The van der Waals surface area contributed by atoms with E-state index < -0.39 is 21.9 Å². The molecule has 1 heterocycles. The Kier molecular flexibility index (Phi) is 5.00. The number of non-ortho nitro benzene ring substituents is 1. The number of oxime groups is 1. The highest BCUT2D eigenvalue weighted by Crippen LogP contribution is 2.48. The standard InChI is InChI=1S/C22H26N2O6/c1-20(2,3)15-12-16(21(4,5)6)22(18(25)17(15)28-7)29-19(23-30-22)13-9-8-10-14(11-13)24(26)27/h8-12H,1-7H3. The van der Waals surface area contributed by atoms with Crippen LogP contribution in [0.3, 0.4) is 0 Å². The van der Waals surface area contributed by atoms with E-state index in [1.165, 1.54) is 25.3 Å². The number of allylic oxidation sites excluding steroid dienone is 2. The van der Waals surface area contributed by atoms with Gasteiger partial charge in [0.15, 0.2) is 5.76 Å². The lowest BCUT2D eigenvalue weighted by Crippen LogP contribution is -2.50. The molecule has 0 amide bonds. The lowest BCUT2D eigenvalue weighted by Gasteiger charge is -2.39. The molecule has 1 aliphatic heterocycles. The molecule has 1 aromatic rings. The Labute approximate surface area is 175 Å². The molecule has 1 spiro atoms. The Hall–Kier alpha value is -3.16. The summed E-state index contributed by atoms with van der Waals surface area (Å²) in [7, 11) is 1.43. The number of benzene rings is 1.